The van der Waals surface area contributed by atoms with Gasteiger partial charge in [-0.05, 0) is 19.1 Å². The van der Waals surface area contributed by atoms with Gasteiger partial charge in [-0.1, -0.05) is 24.8 Å². The largest absolute Gasteiger partial charge is 0.513 e. The summed E-state index contributed by atoms with van der Waals surface area (Å²) < 4.78 is 0. The van der Waals surface area contributed by atoms with Crippen LogP contribution in [0.5, 0.6) is 5.75 Å². The van der Waals surface area contributed by atoms with Crippen molar-refractivity contribution in [3.63, 3.8) is 0 Å². The molecule has 2 nitrogen and oxygen atoms in total. The normalized spacial score (nSPS) is 7.73. The number of phenolic OH excluding ortho intramolecular Hbond substituents is 1. The fourth-order valence-corrected chi connectivity index (χ4v) is 0.428. The maximum atomic E-state index is 8.63. The summed E-state index contributed by atoms with van der Waals surface area (Å²) in [5.74, 6) is 0.488. The zero-order chi connectivity index (χ0) is 8.69. The van der Waals surface area contributed by atoms with E-state index in [2.05, 4.69) is 6.58 Å². The van der Waals surface area contributed by atoms with Gasteiger partial charge in [0, 0.05) is 0 Å². The third-order valence-corrected chi connectivity index (χ3v) is 0.756. The first-order chi connectivity index (χ1) is 5.13. The van der Waals surface area contributed by atoms with Gasteiger partial charge in [-0.3, -0.25) is 0 Å². The molecule has 0 aliphatic heterocycles. The monoisotopic (exact) mass is 152 g/mol. The first-order valence-corrected chi connectivity index (χ1v) is 3.21. The zero-order valence-corrected chi connectivity index (χ0v) is 6.49. The average molecular weight is 152 g/mol. The van der Waals surface area contributed by atoms with Crippen LogP contribution in [-0.2, 0) is 0 Å². The van der Waals surface area contributed by atoms with Crippen molar-refractivity contribution in [2.75, 3.05) is 0 Å². The predicted molar refractivity (Wildman–Crippen MR) is 45.5 cm³/mol. The van der Waals surface area contributed by atoms with Crippen LogP contribution in [0.1, 0.15) is 6.92 Å². The summed E-state index contributed by atoms with van der Waals surface area (Å²) in [4.78, 5) is 0. The van der Waals surface area contributed by atoms with E-state index in [9.17, 15) is 0 Å². The molecule has 1 rings (SSSR count). The molecule has 11 heavy (non-hydrogen) atoms. The van der Waals surface area contributed by atoms with E-state index >= 15 is 0 Å². The highest BCUT2D eigenvalue weighted by Crippen LogP contribution is 2.02. The first kappa shape index (κ1) is 9.56. The number of aliphatic hydroxyl groups is 1. The quantitative estimate of drug-likeness (QED) is 0.560. The van der Waals surface area contributed by atoms with Crippen LogP contribution in [-0.4, -0.2) is 10.2 Å². The summed E-state index contributed by atoms with van der Waals surface area (Å²) >= 11 is 0. The smallest absolute Gasteiger partial charge is 0.115 e. The van der Waals surface area contributed by atoms with Crippen molar-refractivity contribution >= 4 is 0 Å². The molecule has 0 unspecified atom stereocenters. The molecule has 0 amide bonds. The molecule has 0 aromatic heterocycles. The van der Waals surface area contributed by atoms with E-state index in [1.54, 1.807) is 24.3 Å². The fourth-order valence-electron chi connectivity index (χ4n) is 0.428. The van der Waals surface area contributed by atoms with Crippen molar-refractivity contribution in [2.24, 2.45) is 0 Å². The van der Waals surface area contributed by atoms with Gasteiger partial charge in [0.2, 0.25) is 0 Å². The number of allylic oxidation sites excluding steroid dienone is 1. The highest BCUT2D eigenvalue weighted by Gasteiger charge is 1.74. The van der Waals surface area contributed by atoms with Crippen LogP contribution in [0.15, 0.2) is 42.7 Å². The van der Waals surface area contributed by atoms with Crippen LogP contribution in [0.3, 0.4) is 0 Å². The van der Waals surface area contributed by atoms with E-state index in [0.29, 0.717) is 5.75 Å². The molecule has 0 heterocycles. The number of phenols is 1. The maximum absolute atomic E-state index is 8.63. The third kappa shape index (κ3) is 8.56. The number of para-hydroxylation sites is 1. The van der Waals surface area contributed by atoms with Crippen LogP contribution >= 0.6 is 0 Å². The molecule has 0 radical (unpaired) electrons. The van der Waals surface area contributed by atoms with Crippen molar-refractivity contribution in [1.82, 2.24) is 0 Å². The van der Waals surface area contributed by atoms with Gasteiger partial charge in [0.1, 0.15) is 5.75 Å². The Hall–Kier alpha value is -1.44. The van der Waals surface area contributed by atoms with Crippen molar-refractivity contribution < 1.29 is 10.2 Å². The molecule has 0 spiro atoms. The Bertz CT molecular complexity index is 200. The Balaban J connectivity index is 0.000000218. The molecule has 1 aromatic carbocycles. The average Bonchev–Trinajstić information content (AvgIpc) is 1.87. The Morgan fingerprint density at radius 1 is 1.27 bits per heavy atom. The standard InChI is InChI=1S/C6H6O.C3H6O/c7-6-4-2-1-3-5-6;1-3(2)4/h1-5,7H;4H,1H2,2H3. The minimum Gasteiger partial charge on any atom is -0.513 e. The van der Waals surface area contributed by atoms with E-state index < -0.39 is 0 Å². The third-order valence-electron chi connectivity index (χ3n) is 0.756. The fraction of sp³-hybridized carbons (Fsp3) is 0.111. The molecule has 0 aliphatic carbocycles. The van der Waals surface area contributed by atoms with Gasteiger partial charge in [-0.2, -0.15) is 0 Å². The molecular weight excluding hydrogens is 140 g/mol. The van der Waals surface area contributed by atoms with Crippen molar-refractivity contribution in [2.45, 2.75) is 6.92 Å². The lowest BCUT2D eigenvalue weighted by molar-refractivity contribution is 0.417. The second-order valence-electron chi connectivity index (χ2n) is 2.07. The van der Waals surface area contributed by atoms with Gasteiger partial charge in [0.25, 0.3) is 0 Å². The number of rotatable bonds is 0. The van der Waals surface area contributed by atoms with E-state index in [-0.39, 0.29) is 5.76 Å². The summed E-state index contributed by atoms with van der Waals surface area (Å²) in [6, 6.07) is 8.71. The van der Waals surface area contributed by atoms with Crippen LogP contribution in [0, 0.1) is 0 Å². The maximum Gasteiger partial charge on any atom is 0.115 e. The van der Waals surface area contributed by atoms with Gasteiger partial charge in [-0.25, -0.2) is 0 Å². The van der Waals surface area contributed by atoms with Crippen LogP contribution < -0.4 is 0 Å². The molecular formula is C9H12O2. The van der Waals surface area contributed by atoms with Gasteiger partial charge >= 0.3 is 0 Å². The first-order valence-electron chi connectivity index (χ1n) is 3.21. The number of hydrogen-bond acceptors (Lipinski definition) is 2. The number of aliphatic hydroxyl groups excluding tert-OH is 1. The van der Waals surface area contributed by atoms with Crippen LogP contribution in [0.2, 0.25) is 0 Å². The molecule has 1 aromatic rings. The van der Waals surface area contributed by atoms with E-state index in [1.165, 1.54) is 6.92 Å². The lowest BCUT2D eigenvalue weighted by atomic mass is 10.3. The molecule has 0 saturated heterocycles. The number of benzene rings is 1. The van der Waals surface area contributed by atoms with Crippen molar-refractivity contribution in [1.29, 1.82) is 0 Å². The molecule has 0 fully saturated rings. The Morgan fingerprint density at radius 2 is 1.64 bits per heavy atom. The topological polar surface area (TPSA) is 40.5 Å². The highest BCUT2D eigenvalue weighted by molar-refractivity contribution is 5.18. The Kier molecular flexibility index (Phi) is 4.65. The Labute approximate surface area is 66.4 Å². The minimum absolute atomic E-state index is 0.167. The Morgan fingerprint density at radius 3 is 1.82 bits per heavy atom. The summed E-state index contributed by atoms with van der Waals surface area (Å²) in [5, 5.41) is 16.5. The molecule has 0 atom stereocenters. The molecule has 0 saturated carbocycles. The summed E-state index contributed by atoms with van der Waals surface area (Å²) in [7, 11) is 0. The van der Waals surface area contributed by atoms with Gasteiger partial charge in [0.15, 0.2) is 0 Å². The molecule has 60 valence electrons. The summed E-state index contributed by atoms with van der Waals surface area (Å²) in [5.41, 5.74) is 0. The van der Waals surface area contributed by atoms with Crippen LogP contribution in [0.25, 0.3) is 0 Å². The van der Waals surface area contributed by atoms with E-state index in [4.69, 9.17) is 10.2 Å². The molecule has 0 aliphatic rings. The van der Waals surface area contributed by atoms with E-state index in [0.717, 1.165) is 0 Å². The minimum atomic E-state index is 0.167. The van der Waals surface area contributed by atoms with Gasteiger partial charge in [-0.15, -0.1) is 0 Å². The van der Waals surface area contributed by atoms with E-state index in [1.807, 2.05) is 6.07 Å². The lowest BCUT2D eigenvalue weighted by Crippen LogP contribution is -1.56. The molecule has 2 heteroatoms. The second kappa shape index (κ2) is 5.35. The predicted octanol–water partition coefficient (Wildman–Crippen LogP) is 2.47. The molecule has 0 bridgehead atoms. The van der Waals surface area contributed by atoms with Crippen molar-refractivity contribution in [3.8, 4) is 5.75 Å². The summed E-state index contributed by atoms with van der Waals surface area (Å²) in [6.45, 7) is 4.64. The highest BCUT2D eigenvalue weighted by atomic mass is 16.3. The van der Waals surface area contributed by atoms with Crippen molar-refractivity contribution in [3.05, 3.63) is 42.7 Å². The van der Waals surface area contributed by atoms with Gasteiger partial charge < -0.3 is 10.2 Å². The second-order valence-corrected chi connectivity index (χ2v) is 2.07. The summed E-state index contributed by atoms with van der Waals surface area (Å²) in [6.07, 6.45) is 0. The zero-order valence-electron chi connectivity index (χ0n) is 6.49. The van der Waals surface area contributed by atoms with Crippen LogP contribution in [0.4, 0.5) is 0 Å². The lowest BCUT2D eigenvalue weighted by Gasteiger charge is -1.82. The van der Waals surface area contributed by atoms with Gasteiger partial charge in [0.05, 0.1) is 5.76 Å². The SMILES string of the molecule is C=C(C)O.Oc1ccccc1. The number of aromatic hydroxyl groups is 1. The molecule has 2 N–H and O–H groups in total. The number of hydrogen-bond donors (Lipinski definition) is 2.